The molecule has 0 aliphatic carbocycles. The summed E-state index contributed by atoms with van der Waals surface area (Å²) in [5.41, 5.74) is 2.96. The Morgan fingerprint density at radius 3 is 2.64 bits per heavy atom. The van der Waals surface area contributed by atoms with Crippen molar-refractivity contribution >= 4 is 11.8 Å². The minimum atomic E-state index is -0.809. The van der Waals surface area contributed by atoms with Crippen molar-refractivity contribution in [2.24, 2.45) is 0 Å². The van der Waals surface area contributed by atoms with Crippen molar-refractivity contribution in [1.82, 2.24) is 4.57 Å². The molecule has 0 saturated heterocycles. The summed E-state index contributed by atoms with van der Waals surface area (Å²) in [6, 6.07) is 11.1. The van der Waals surface area contributed by atoms with Crippen LogP contribution in [0, 0.1) is 6.92 Å². The lowest BCUT2D eigenvalue weighted by atomic mass is 10.0. The molecular formula is C18H19NO3. The molecule has 1 aromatic carbocycles. The average molecular weight is 297 g/mol. The third-order valence-corrected chi connectivity index (χ3v) is 4.42. The molecule has 2 aromatic rings. The molecule has 1 aliphatic rings. The highest BCUT2D eigenvalue weighted by molar-refractivity contribution is 6.09. The number of nitrogens with zero attached hydrogens (tertiary/aromatic N) is 1. The van der Waals surface area contributed by atoms with Gasteiger partial charge < -0.3 is 9.67 Å². The first-order valence-corrected chi connectivity index (χ1v) is 7.62. The molecule has 0 spiro atoms. The number of carboxylic acids is 1. The molecule has 114 valence electrons. The lowest BCUT2D eigenvalue weighted by molar-refractivity contribution is -0.139. The zero-order valence-electron chi connectivity index (χ0n) is 12.6. The van der Waals surface area contributed by atoms with Gasteiger partial charge in [-0.25, -0.2) is 0 Å². The van der Waals surface area contributed by atoms with E-state index in [9.17, 15) is 14.7 Å². The minimum absolute atomic E-state index is 0.0320. The number of aromatic nitrogens is 1. The number of ketones is 1. The van der Waals surface area contributed by atoms with Crippen molar-refractivity contribution in [1.29, 1.82) is 0 Å². The number of hydrogen-bond acceptors (Lipinski definition) is 2. The van der Waals surface area contributed by atoms with E-state index in [-0.39, 0.29) is 5.78 Å². The summed E-state index contributed by atoms with van der Waals surface area (Å²) < 4.78 is 1.90. The summed E-state index contributed by atoms with van der Waals surface area (Å²) in [4.78, 5) is 24.3. The molecular weight excluding hydrogens is 278 g/mol. The largest absolute Gasteiger partial charge is 0.481 e. The Morgan fingerprint density at radius 2 is 1.91 bits per heavy atom. The van der Waals surface area contributed by atoms with Crippen molar-refractivity contribution < 1.29 is 14.7 Å². The summed E-state index contributed by atoms with van der Waals surface area (Å²) in [6.07, 6.45) is 2.41. The summed E-state index contributed by atoms with van der Waals surface area (Å²) in [5, 5.41) is 9.42. The van der Waals surface area contributed by atoms with Gasteiger partial charge in [-0.2, -0.15) is 0 Å². The number of aliphatic carboxylic acids is 1. The van der Waals surface area contributed by atoms with Crippen LogP contribution in [0.2, 0.25) is 0 Å². The van der Waals surface area contributed by atoms with Gasteiger partial charge in [0.1, 0.15) is 0 Å². The van der Waals surface area contributed by atoms with Crippen LogP contribution in [-0.2, 0) is 11.3 Å². The molecule has 1 atom stereocenters. The van der Waals surface area contributed by atoms with Gasteiger partial charge in [-0.3, -0.25) is 9.59 Å². The van der Waals surface area contributed by atoms with E-state index in [0.717, 1.165) is 24.1 Å². The first kappa shape index (κ1) is 14.6. The Hall–Kier alpha value is -2.36. The summed E-state index contributed by atoms with van der Waals surface area (Å²) in [5.74, 6) is -1.35. The van der Waals surface area contributed by atoms with Crippen LogP contribution in [0.15, 0.2) is 36.4 Å². The molecule has 0 saturated carbocycles. The number of carbonyl (C=O) groups excluding carboxylic acids is 1. The van der Waals surface area contributed by atoms with E-state index in [1.807, 2.05) is 35.8 Å². The third kappa shape index (κ3) is 2.45. The molecule has 4 heteroatoms. The van der Waals surface area contributed by atoms with E-state index >= 15 is 0 Å². The Morgan fingerprint density at radius 1 is 1.14 bits per heavy atom. The normalized spacial score (nSPS) is 17.6. The number of carboxylic acid groups (broad SMARTS) is 1. The molecule has 0 amide bonds. The SMILES string of the molecule is Cc1ccccc1C(=O)c1ccc2n1CCCCC2C(=O)O. The van der Waals surface area contributed by atoms with E-state index in [1.54, 1.807) is 12.1 Å². The van der Waals surface area contributed by atoms with Crippen molar-refractivity contribution in [2.75, 3.05) is 0 Å². The van der Waals surface area contributed by atoms with E-state index in [4.69, 9.17) is 0 Å². The molecule has 4 nitrogen and oxygen atoms in total. The van der Waals surface area contributed by atoms with Crippen molar-refractivity contribution in [3.05, 3.63) is 58.9 Å². The van der Waals surface area contributed by atoms with Gasteiger partial charge in [0, 0.05) is 17.8 Å². The average Bonchev–Trinajstić information content (AvgIpc) is 2.79. The molecule has 22 heavy (non-hydrogen) atoms. The summed E-state index contributed by atoms with van der Waals surface area (Å²) in [7, 11) is 0. The highest BCUT2D eigenvalue weighted by Gasteiger charge is 2.28. The van der Waals surface area contributed by atoms with Crippen LogP contribution in [0.4, 0.5) is 0 Å². The van der Waals surface area contributed by atoms with Crippen molar-refractivity contribution in [3.63, 3.8) is 0 Å². The lowest BCUT2D eigenvalue weighted by Crippen LogP contribution is -2.17. The third-order valence-electron chi connectivity index (χ3n) is 4.42. The van der Waals surface area contributed by atoms with Crippen LogP contribution >= 0.6 is 0 Å². The highest BCUT2D eigenvalue weighted by atomic mass is 16.4. The number of hydrogen-bond donors (Lipinski definition) is 1. The quantitative estimate of drug-likeness (QED) is 0.884. The predicted molar refractivity (Wildman–Crippen MR) is 83.3 cm³/mol. The maximum absolute atomic E-state index is 12.8. The van der Waals surface area contributed by atoms with Crippen LogP contribution in [0.3, 0.4) is 0 Å². The van der Waals surface area contributed by atoms with E-state index in [0.29, 0.717) is 24.2 Å². The highest BCUT2D eigenvalue weighted by Crippen LogP contribution is 2.30. The van der Waals surface area contributed by atoms with Gasteiger partial charge in [-0.1, -0.05) is 30.7 Å². The Balaban J connectivity index is 2.05. The smallest absolute Gasteiger partial charge is 0.312 e. The van der Waals surface area contributed by atoms with Crippen LogP contribution < -0.4 is 0 Å². The fourth-order valence-corrected chi connectivity index (χ4v) is 3.22. The second kappa shape index (κ2) is 5.79. The molecule has 3 rings (SSSR count). The minimum Gasteiger partial charge on any atom is -0.481 e. The fraction of sp³-hybridized carbons (Fsp3) is 0.333. The zero-order chi connectivity index (χ0) is 15.7. The van der Waals surface area contributed by atoms with Crippen LogP contribution in [-0.4, -0.2) is 21.4 Å². The molecule has 1 N–H and O–H groups in total. The molecule has 0 radical (unpaired) electrons. The maximum atomic E-state index is 12.8. The fourth-order valence-electron chi connectivity index (χ4n) is 3.22. The molecule has 2 heterocycles. The second-order valence-corrected chi connectivity index (χ2v) is 5.83. The molecule has 1 aromatic heterocycles. The Bertz CT molecular complexity index is 730. The van der Waals surface area contributed by atoms with Gasteiger partial charge >= 0.3 is 5.97 Å². The first-order valence-electron chi connectivity index (χ1n) is 7.62. The van der Waals surface area contributed by atoms with Gasteiger partial charge in [0.2, 0.25) is 5.78 Å². The van der Waals surface area contributed by atoms with Crippen LogP contribution in [0.1, 0.15) is 52.5 Å². The van der Waals surface area contributed by atoms with Gasteiger partial charge in [0.15, 0.2) is 0 Å². The Labute approximate surface area is 129 Å². The molecule has 1 aliphatic heterocycles. The number of benzene rings is 1. The maximum Gasteiger partial charge on any atom is 0.312 e. The second-order valence-electron chi connectivity index (χ2n) is 5.83. The summed E-state index contributed by atoms with van der Waals surface area (Å²) >= 11 is 0. The monoisotopic (exact) mass is 297 g/mol. The first-order chi connectivity index (χ1) is 10.6. The van der Waals surface area contributed by atoms with E-state index in [1.165, 1.54) is 0 Å². The van der Waals surface area contributed by atoms with Gasteiger partial charge in [-0.15, -0.1) is 0 Å². The van der Waals surface area contributed by atoms with E-state index in [2.05, 4.69) is 0 Å². The number of aryl methyl sites for hydroxylation is 1. The van der Waals surface area contributed by atoms with Crippen molar-refractivity contribution in [2.45, 2.75) is 38.6 Å². The predicted octanol–water partition coefficient (Wildman–Crippen LogP) is 3.38. The standard InChI is InChI=1S/C18H19NO3/c1-12-6-2-3-7-13(12)17(20)16-10-9-15-14(18(21)22)8-4-5-11-19(15)16/h2-3,6-7,9-10,14H,4-5,8,11H2,1H3,(H,21,22). The molecule has 1 unspecified atom stereocenters. The molecule has 0 bridgehead atoms. The topological polar surface area (TPSA) is 59.3 Å². The van der Waals surface area contributed by atoms with Gasteiger partial charge in [-0.05, 0) is 37.5 Å². The number of carbonyl (C=O) groups is 2. The lowest BCUT2D eigenvalue weighted by Gasteiger charge is -2.14. The van der Waals surface area contributed by atoms with Gasteiger partial charge in [0.05, 0.1) is 11.6 Å². The summed E-state index contributed by atoms with van der Waals surface area (Å²) in [6.45, 7) is 2.62. The number of fused-ring (bicyclic) bond motifs is 1. The Kier molecular flexibility index (Phi) is 3.84. The van der Waals surface area contributed by atoms with Crippen molar-refractivity contribution in [3.8, 4) is 0 Å². The zero-order valence-corrected chi connectivity index (χ0v) is 12.6. The van der Waals surface area contributed by atoms with Crippen LogP contribution in [0.25, 0.3) is 0 Å². The van der Waals surface area contributed by atoms with Gasteiger partial charge in [0.25, 0.3) is 0 Å². The number of rotatable bonds is 3. The molecule has 0 fully saturated rings. The van der Waals surface area contributed by atoms with Crippen LogP contribution in [0.5, 0.6) is 0 Å². The van der Waals surface area contributed by atoms with E-state index < -0.39 is 11.9 Å².